The maximum atomic E-state index is 12.5. The van der Waals surface area contributed by atoms with Gasteiger partial charge in [-0.3, -0.25) is 9.69 Å². The summed E-state index contributed by atoms with van der Waals surface area (Å²) >= 11 is 0. The lowest BCUT2D eigenvalue weighted by atomic mass is 9.94. The molecule has 2 aromatic rings. The molecule has 2 fully saturated rings. The van der Waals surface area contributed by atoms with Crippen LogP contribution in [0.15, 0.2) is 48.5 Å². The SMILES string of the molecule is O=C(C[C@@H]1CC[C@H]2[C@@H](COC[C@@H](O)CN2Cc2ccc3c(c2)OCO3)O1)Nc1ccccc1. The lowest BCUT2D eigenvalue weighted by molar-refractivity contribution is -0.156. The molecule has 0 unspecified atom stereocenters. The Kier molecular flexibility index (Phi) is 6.78. The summed E-state index contributed by atoms with van der Waals surface area (Å²) < 4.78 is 23.0. The van der Waals surface area contributed by atoms with Crippen LogP contribution in [-0.2, 0) is 20.8 Å². The summed E-state index contributed by atoms with van der Waals surface area (Å²) in [5.74, 6) is 1.46. The number of carbonyl (C=O) groups excluding carboxylic acids is 1. The van der Waals surface area contributed by atoms with Gasteiger partial charge in [-0.25, -0.2) is 0 Å². The number of ether oxygens (including phenoxy) is 4. The highest BCUT2D eigenvalue weighted by molar-refractivity contribution is 5.90. The molecular formula is C25H30N2O6. The molecule has 8 heteroatoms. The first kappa shape index (κ1) is 22.2. The Hall–Kier alpha value is -2.65. The van der Waals surface area contributed by atoms with E-state index >= 15 is 0 Å². The van der Waals surface area contributed by atoms with E-state index in [0.717, 1.165) is 35.6 Å². The number of anilines is 1. The zero-order valence-electron chi connectivity index (χ0n) is 18.5. The molecule has 3 aliphatic rings. The summed E-state index contributed by atoms with van der Waals surface area (Å²) in [6.07, 6.45) is 1.08. The van der Waals surface area contributed by atoms with Crippen LogP contribution < -0.4 is 14.8 Å². The predicted molar refractivity (Wildman–Crippen MR) is 121 cm³/mol. The number of amides is 1. The van der Waals surface area contributed by atoms with Gasteiger partial charge in [0.25, 0.3) is 0 Å². The Morgan fingerprint density at radius 3 is 2.79 bits per heavy atom. The van der Waals surface area contributed by atoms with Crippen molar-refractivity contribution in [3.05, 3.63) is 54.1 Å². The van der Waals surface area contributed by atoms with Crippen molar-refractivity contribution < 1.29 is 28.8 Å². The fourth-order valence-corrected chi connectivity index (χ4v) is 4.84. The second-order valence-corrected chi connectivity index (χ2v) is 8.87. The molecule has 4 atom stereocenters. The van der Waals surface area contributed by atoms with Crippen LogP contribution in [0.4, 0.5) is 5.69 Å². The smallest absolute Gasteiger partial charge is 0.231 e. The van der Waals surface area contributed by atoms with E-state index in [1.54, 1.807) is 0 Å². The van der Waals surface area contributed by atoms with Gasteiger partial charge in [0.05, 0.1) is 37.9 Å². The largest absolute Gasteiger partial charge is 0.454 e. The van der Waals surface area contributed by atoms with Crippen LogP contribution in [0.5, 0.6) is 11.5 Å². The van der Waals surface area contributed by atoms with Gasteiger partial charge in [-0.2, -0.15) is 0 Å². The molecule has 3 heterocycles. The number of aliphatic hydroxyl groups is 1. The van der Waals surface area contributed by atoms with Gasteiger partial charge in [0, 0.05) is 24.8 Å². The summed E-state index contributed by atoms with van der Waals surface area (Å²) in [5.41, 5.74) is 1.88. The van der Waals surface area contributed by atoms with Crippen LogP contribution in [0.2, 0.25) is 0 Å². The first-order chi connectivity index (χ1) is 16.1. The van der Waals surface area contributed by atoms with E-state index in [9.17, 15) is 9.90 Å². The molecule has 0 aliphatic carbocycles. The molecule has 0 radical (unpaired) electrons. The van der Waals surface area contributed by atoms with E-state index in [2.05, 4.69) is 10.2 Å². The van der Waals surface area contributed by atoms with Gasteiger partial charge in [0.1, 0.15) is 0 Å². The normalized spacial score (nSPS) is 27.3. The Balaban J connectivity index is 1.23. The topological polar surface area (TPSA) is 89.5 Å². The van der Waals surface area contributed by atoms with Crippen molar-refractivity contribution >= 4 is 11.6 Å². The number of hydrogen-bond donors (Lipinski definition) is 2. The lowest BCUT2D eigenvalue weighted by Gasteiger charge is -2.44. The number of benzene rings is 2. The average molecular weight is 455 g/mol. The number of carbonyl (C=O) groups is 1. The van der Waals surface area contributed by atoms with Crippen molar-refractivity contribution in [1.29, 1.82) is 0 Å². The Morgan fingerprint density at radius 2 is 1.91 bits per heavy atom. The van der Waals surface area contributed by atoms with Crippen LogP contribution in [-0.4, -0.2) is 66.8 Å². The van der Waals surface area contributed by atoms with Gasteiger partial charge in [0.2, 0.25) is 12.7 Å². The Bertz CT molecular complexity index is 955. The fourth-order valence-electron chi connectivity index (χ4n) is 4.84. The molecule has 2 aromatic carbocycles. The molecule has 2 N–H and O–H groups in total. The first-order valence-corrected chi connectivity index (χ1v) is 11.5. The van der Waals surface area contributed by atoms with E-state index in [1.165, 1.54) is 0 Å². The second-order valence-electron chi connectivity index (χ2n) is 8.87. The third-order valence-corrected chi connectivity index (χ3v) is 6.38. The van der Waals surface area contributed by atoms with Crippen molar-refractivity contribution in [2.45, 2.75) is 50.2 Å². The quantitative estimate of drug-likeness (QED) is 0.718. The molecular weight excluding hydrogens is 424 g/mol. The summed E-state index contributed by atoms with van der Waals surface area (Å²) in [7, 11) is 0. The predicted octanol–water partition coefficient (Wildman–Crippen LogP) is 2.55. The zero-order valence-corrected chi connectivity index (χ0v) is 18.5. The standard InChI is InChI=1S/C25H30N2O6/c28-19-13-27(12-17-6-9-22-23(10-17)32-16-31-22)21-8-7-20(33-24(21)15-30-14-19)11-25(29)26-18-4-2-1-3-5-18/h1-6,9-10,19-21,24,28H,7-8,11-16H2,(H,26,29)/t19-,20-,21-,24+/m0/s1. The number of aliphatic hydroxyl groups excluding tert-OH is 1. The third kappa shape index (κ3) is 5.47. The molecule has 0 bridgehead atoms. The lowest BCUT2D eigenvalue weighted by Crippen LogP contribution is -2.55. The average Bonchev–Trinajstić information content (AvgIpc) is 3.26. The molecule has 0 saturated carbocycles. The van der Waals surface area contributed by atoms with Crippen molar-refractivity contribution in [3.8, 4) is 11.5 Å². The van der Waals surface area contributed by atoms with Gasteiger partial charge in [0.15, 0.2) is 11.5 Å². The van der Waals surface area contributed by atoms with Crippen molar-refractivity contribution in [2.75, 3.05) is 31.9 Å². The monoisotopic (exact) mass is 454 g/mol. The zero-order chi connectivity index (χ0) is 22.6. The highest BCUT2D eigenvalue weighted by Crippen LogP contribution is 2.34. The van der Waals surface area contributed by atoms with Crippen LogP contribution in [0.3, 0.4) is 0 Å². The minimum Gasteiger partial charge on any atom is -0.454 e. The van der Waals surface area contributed by atoms with Crippen LogP contribution in [0.1, 0.15) is 24.8 Å². The Labute approximate surface area is 193 Å². The molecule has 2 saturated heterocycles. The number of rotatable bonds is 5. The van der Waals surface area contributed by atoms with Gasteiger partial charge in [-0.1, -0.05) is 24.3 Å². The maximum absolute atomic E-state index is 12.5. The number of nitrogens with zero attached hydrogens (tertiary/aromatic N) is 1. The van der Waals surface area contributed by atoms with E-state index in [4.69, 9.17) is 18.9 Å². The van der Waals surface area contributed by atoms with Crippen molar-refractivity contribution in [2.24, 2.45) is 0 Å². The molecule has 1 amide bonds. The van der Waals surface area contributed by atoms with Gasteiger partial charge in [-0.05, 0) is 42.7 Å². The van der Waals surface area contributed by atoms with E-state index in [-0.39, 0.29) is 37.6 Å². The van der Waals surface area contributed by atoms with Crippen molar-refractivity contribution in [3.63, 3.8) is 0 Å². The number of nitrogens with one attached hydrogen (secondary N) is 1. The minimum atomic E-state index is -0.561. The molecule has 3 aliphatic heterocycles. The molecule has 33 heavy (non-hydrogen) atoms. The van der Waals surface area contributed by atoms with Gasteiger partial charge < -0.3 is 29.4 Å². The molecule has 8 nitrogen and oxygen atoms in total. The third-order valence-electron chi connectivity index (χ3n) is 6.38. The summed E-state index contributed by atoms with van der Waals surface area (Å²) in [5, 5.41) is 13.3. The van der Waals surface area contributed by atoms with Crippen molar-refractivity contribution in [1.82, 2.24) is 4.90 Å². The fraction of sp³-hybridized carbons (Fsp3) is 0.480. The number of hydrogen-bond acceptors (Lipinski definition) is 7. The van der Waals surface area contributed by atoms with Crippen LogP contribution in [0, 0.1) is 0 Å². The van der Waals surface area contributed by atoms with Crippen LogP contribution >= 0.6 is 0 Å². The number of fused-ring (bicyclic) bond motifs is 2. The van der Waals surface area contributed by atoms with E-state index in [1.807, 2.05) is 48.5 Å². The molecule has 0 aromatic heterocycles. The van der Waals surface area contributed by atoms with E-state index in [0.29, 0.717) is 26.1 Å². The Morgan fingerprint density at radius 1 is 1.06 bits per heavy atom. The molecule has 176 valence electrons. The minimum absolute atomic E-state index is 0.0518. The number of para-hydroxylation sites is 1. The van der Waals surface area contributed by atoms with Crippen LogP contribution in [0.25, 0.3) is 0 Å². The second kappa shape index (κ2) is 10.1. The van der Waals surface area contributed by atoms with Gasteiger partial charge >= 0.3 is 0 Å². The van der Waals surface area contributed by atoms with E-state index < -0.39 is 6.10 Å². The number of β-amino-alcohol motifs (C(OH)–C–C–N with tert-alkyl or cyclic N) is 1. The van der Waals surface area contributed by atoms with Gasteiger partial charge in [-0.15, -0.1) is 0 Å². The first-order valence-electron chi connectivity index (χ1n) is 11.5. The molecule has 5 rings (SSSR count). The summed E-state index contributed by atoms with van der Waals surface area (Å²) in [4.78, 5) is 14.8. The highest BCUT2D eigenvalue weighted by Gasteiger charge is 2.38. The molecule has 0 spiro atoms. The maximum Gasteiger partial charge on any atom is 0.231 e. The summed E-state index contributed by atoms with van der Waals surface area (Å²) in [6.45, 7) is 2.07. The highest BCUT2D eigenvalue weighted by atomic mass is 16.7. The summed E-state index contributed by atoms with van der Waals surface area (Å²) in [6, 6.07) is 15.5.